The second kappa shape index (κ2) is 4.26. The maximum Gasteiger partial charge on any atom is 0.416 e. The van der Waals surface area contributed by atoms with Crippen molar-refractivity contribution in [2.24, 2.45) is 11.8 Å². The molecule has 1 aromatic rings. The summed E-state index contributed by atoms with van der Waals surface area (Å²) in [6.45, 7) is 4.13. The molecule has 0 saturated heterocycles. The first-order chi connectivity index (χ1) is 8.22. The topological polar surface area (TPSA) is 20.2 Å². The predicted octanol–water partition coefficient (Wildman–Crippen LogP) is 3.96. The van der Waals surface area contributed by atoms with E-state index in [4.69, 9.17) is 0 Å². The molecule has 0 amide bonds. The van der Waals surface area contributed by atoms with E-state index in [2.05, 4.69) is 13.8 Å². The summed E-state index contributed by atoms with van der Waals surface area (Å²) in [5.41, 5.74) is -1.38. The summed E-state index contributed by atoms with van der Waals surface area (Å²) in [5, 5.41) is 10.3. The largest absolute Gasteiger partial charge is 0.416 e. The van der Waals surface area contributed by atoms with Crippen LogP contribution in [0, 0.1) is 11.8 Å². The summed E-state index contributed by atoms with van der Waals surface area (Å²) < 4.78 is 37.8. The molecule has 0 radical (unpaired) electrons. The van der Waals surface area contributed by atoms with Crippen LogP contribution in [0.4, 0.5) is 13.2 Å². The third kappa shape index (κ3) is 2.39. The number of benzene rings is 1. The van der Waals surface area contributed by atoms with Gasteiger partial charge in [-0.25, -0.2) is 0 Å². The van der Waals surface area contributed by atoms with E-state index < -0.39 is 17.3 Å². The predicted molar refractivity (Wildman–Crippen MR) is 62.9 cm³/mol. The van der Waals surface area contributed by atoms with Gasteiger partial charge in [0.1, 0.15) is 0 Å². The van der Waals surface area contributed by atoms with Crippen molar-refractivity contribution in [3.63, 3.8) is 0 Å². The fourth-order valence-electron chi connectivity index (χ4n) is 2.50. The molecule has 2 rings (SSSR count). The zero-order valence-electron chi connectivity index (χ0n) is 10.5. The molecule has 100 valence electrons. The van der Waals surface area contributed by atoms with Gasteiger partial charge in [-0.3, -0.25) is 0 Å². The molecule has 0 aromatic heterocycles. The van der Waals surface area contributed by atoms with Gasteiger partial charge in [0.2, 0.25) is 0 Å². The quantitative estimate of drug-likeness (QED) is 0.851. The maximum absolute atomic E-state index is 12.6. The van der Waals surface area contributed by atoms with Crippen LogP contribution in [-0.2, 0) is 11.8 Å². The van der Waals surface area contributed by atoms with Crippen molar-refractivity contribution in [2.75, 3.05) is 0 Å². The number of alkyl halides is 3. The molecule has 18 heavy (non-hydrogen) atoms. The molecule has 0 spiro atoms. The monoisotopic (exact) mass is 258 g/mol. The van der Waals surface area contributed by atoms with Gasteiger partial charge in [0, 0.05) is 0 Å². The van der Waals surface area contributed by atoms with E-state index >= 15 is 0 Å². The molecule has 0 unspecified atom stereocenters. The van der Waals surface area contributed by atoms with Gasteiger partial charge in [0.05, 0.1) is 11.2 Å². The Bertz CT molecular complexity index is 431. The molecule has 1 saturated carbocycles. The standard InChI is InChI=1S/C14H17F3O/c1-9(2)10-7-13(18,8-10)11-4-3-5-12(6-11)14(15,16)17/h3-6,9-10,18H,7-8H2,1-2H3. The van der Waals surface area contributed by atoms with Crippen LogP contribution >= 0.6 is 0 Å². The van der Waals surface area contributed by atoms with Gasteiger partial charge in [-0.05, 0) is 42.4 Å². The van der Waals surface area contributed by atoms with Crippen LogP contribution in [0.15, 0.2) is 24.3 Å². The van der Waals surface area contributed by atoms with Crippen LogP contribution in [0.3, 0.4) is 0 Å². The van der Waals surface area contributed by atoms with Crippen LogP contribution in [0.5, 0.6) is 0 Å². The van der Waals surface area contributed by atoms with Crippen molar-refractivity contribution in [1.82, 2.24) is 0 Å². The van der Waals surface area contributed by atoms with E-state index in [9.17, 15) is 18.3 Å². The SMILES string of the molecule is CC(C)C1CC(O)(c2cccc(C(F)(F)F)c2)C1. The summed E-state index contributed by atoms with van der Waals surface area (Å²) in [6.07, 6.45) is -3.26. The highest BCUT2D eigenvalue weighted by atomic mass is 19.4. The van der Waals surface area contributed by atoms with E-state index in [1.807, 2.05) is 0 Å². The van der Waals surface area contributed by atoms with E-state index in [-0.39, 0.29) is 0 Å². The van der Waals surface area contributed by atoms with Gasteiger partial charge >= 0.3 is 6.18 Å². The average Bonchev–Trinajstić information content (AvgIpc) is 2.23. The summed E-state index contributed by atoms with van der Waals surface area (Å²) in [6, 6.07) is 5.03. The van der Waals surface area contributed by atoms with E-state index in [1.54, 1.807) is 6.07 Å². The van der Waals surface area contributed by atoms with Crippen molar-refractivity contribution < 1.29 is 18.3 Å². The molecule has 1 aliphatic carbocycles. The minimum atomic E-state index is -4.35. The molecule has 0 atom stereocenters. The highest BCUT2D eigenvalue weighted by molar-refractivity contribution is 5.31. The van der Waals surface area contributed by atoms with Crippen molar-refractivity contribution in [3.8, 4) is 0 Å². The summed E-state index contributed by atoms with van der Waals surface area (Å²) in [4.78, 5) is 0. The van der Waals surface area contributed by atoms with E-state index in [1.165, 1.54) is 6.07 Å². The number of hydrogen-bond acceptors (Lipinski definition) is 1. The molecule has 1 aliphatic rings. The van der Waals surface area contributed by atoms with Gasteiger partial charge < -0.3 is 5.11 Å². The van der Waals surface area contributed by atoms with Crippen LogP contribution in [-0.4, -0.2) is 5.11 Å². The third-order valence-electron chi connectivity index (χ3n) is 3.87. The summed E-state index contributed by atoms with van der Waals surface area (Å²) >= 11 is 0. The highest BCUT2D eigenvalue weighted by Crippen LogP contribution is 2.49. The second-order valence-electron chi connectivity index (χ2n) is 5.52. The second-order valence-corrected chi connectivity index (χ2v) is 5.52. The van der Waals surface area contributed by atoms with Gasteiger partial charge in [0.25, 0.3) is 0 Å². The molecule has 1 nitrogen and oxygen atoms in total. The smallest absolute Gasteiger partial charge is 0.385 e. The average molecular weight is 258 g/mol. The zero-order chi connectivity index (χ0) is 13.6. The van der Waals surface area contributed by atoms with Crippen LogP contribution in [0.25, 0.3) is 0 Å². The first-order valence-electron chi connectivity index (χ1n) is 6.12. The van der Waals surface area contributed by atoms with Crippen molar-refractivity contribution in [2.45, 2.75) is 38.5 Å². The number of halogens is 3. The lowest BCUT2D eigenvalue weighted by molar-refractivity contribution is -0.138. The Morgan fingerprint density at radius 1 is 1.28 bits per heavy atom. The molecule has 1 fully saturated rings. The Balaban J connectivity index is 2.20. The van der Waals surface area contributed by atoms with Gasteiger partial charge in [-0.15, -0.1) is 0 Å². The lowest BCUT2D eigenvalue weighted by Gasteiger charge is -2.46. The Hall–Kier alpha value is -1.03. The first kappa shape index (κ1) is 13.4. The lowest BCUT2D eigenvalue weighted by Crippen LogP contribution is -2.43. The van der Waals surface area contributed by atoms with E-state index in [0.717, 1.165) is 12.1 Å². The Kier molecular flexibility index (Phi) is 3.18. The molecule has 1 aromatic carbocycles. The highest BCUT2D eigenvalue weighted by Gasteiger charge is 2.45. The summed E-state index contributed by atoms with van der Waals surface area (Å²) in [7, 11) is 0. The zero-order valence-corrected chi connectivity index (χ0v) is 10.5. The fourth-order valence-corrected chi connectivity index (χ4v) is 2.50. The maximum atomic E-state index is 12.6. The minimum Gasteiger partial charge on any atom is -0.385 e. The number of hydrogen-bond donors (Lipinski definition) is 1. The molecular weight excluding hydrogens is 241 g/mol. The fraction of sp³-hybridized carbons (Fsp3) is 0.571. The van der Waals surface area contributed by atoms with Crippen LogP contribution in [0.2, 0.25) is 0 Å². The number of aliphatic hydroxyl groups is 1. The van der Waals surface area contributed by atoms with Crippen LogP contribution in [0.1, 0.15) is 37.8 Å². The molecule has 0 heterocycles. The van der Waals surface area contributed by atoms with Crippen molar-refractivity contribution >= 4 is 0 Å². The van der Waals surface area contributed by atoms with Crippen LogP contribution < -0.4 is 0 Å². The Labute approximate surface area is 105 Å². The van der Waals surface area contributed by atoms with Crippen molar-refractivity contribution in [3.05, 3.63) is 35.4 Å². The van der Waals surface area contributed by atoms with Gasteiger partial charge in [-0.2, -0.15) is 13.2 Å². The lowest BCUT2D eigenvalue weighted by atomic mass is 9.63. The molecule has 0 bridgehead atoms. The normalized spacial score (nSPS) is 28.3. The van der Waals surface area contributed by atoms with E-state index in [0.29, 0.717) is 30.2 Å². The molecular formula is C14H17F3O. The van der Waals surface area contributed by atoms with Crippen molar-refractivity contribution in [1.29, 1.82) is 0 Å². The number of rotatable bonds is 2. The minimum absolute atomic E-state index is 0.384. The molecule has 0 aliphatic heterocycles. The summed E-state index contributed by atoms with van der Waals surface area (Å²) in [5.74, 6) is 0.848. The van der Waals surface area contributed by atoms with Gasteiger partial charge in [0.15, 0.2) is 0 Å². The molecule has 4 heteroatoms. The van der Waals surface area contributed by atoms with Gasteiger partial charge in [-0.1, -0.05) is 26.0 Å². The first-order valence-corrected chi connectivity index (χ1v) is 6.12. The third-order valence-corrected chi connectivity index (χ3v) is 3.87. The molecule has 1 N–H and O–H groups in total. The Morgan fingerprint density at radius 2 is 1.89 bits per heavy atom. The Morgan fingerprint density at radius 3 is 2.39 bits per heavy atom.